The van der Waals surface area contributed by atoms with Crippen LogP contribution < -0.4 is 10.6 Å². The van der Waals surface area contributed by atoms with Gasteiger partial charge in [-0.3, -0.25) is 4.79 Å². The van der Waals surface area contributed by atoms with Crippen LogP contribution in [-0.4, -0.2) is 49.6 Å². The smallest absolute Gasteiger partial charge is 0.237 e. The van der Waals surface area contributed by atoms with E-state index in [1.807, 2.05) is 0 Å². The van der Waals surface area contributed by atoms with Crippen molar-refractivity contribution in [2.24, 2.45) is 0 Å². The summed E-state index contributed by atoms with van der Waals surface area (Å²) in [5.41, 5.74) is 0.227. The molecule has 1 heterocycles. The zero-order valence-electron chi connectivity index (χ0n) is 11.1. The first-order valence-electron chi connectivity index (χ1n) is 6.83. The number of hydrogen-bond donors (Lipinski definition) is 2. The van der Waals surface area contributed by atoms with E-state index in [0.29, 0.717) is 0 Å². The van der Waals surface area contributed by atoms with Gasteiger partial charge >= 0.3 is 0 Å². The maximum atomic E-state index is 12.0. The Balaban J connectivity index is 1.78. The molecule has 0 spiro atoms. The highest BCUT2D eigenvalue weighted by Gasteiger charge is 2.39. The standard InChI is InChI=1S/C13H25N3O/c1-16(2)13(7-5-8-13)10-15-12(17)11-6-3-4-9-14-11/h11,14H,3-10H2,1-2H3,(H,15,17)/t11-/m0/s1. The Kier molecular flexibility index (Phi) is 4.05. The Labute approximate surface area is 104 Å². The maximum absolute atomic E-state index is 12.0. The summed E-state index contributed by atoms with van der Waals surface area (Å²) in [6.45, 7) is 1.79. The molecule has 17 heavy (non-hydrogen) atoms. The predicted molar refractivity (Wildman–Crippen MR) is 68.9 cm³/mol. The van der Waals surface area contributed by atoms with Crippen molar-refractivity contribution in [2.75, 3.05) is 27.2 Å². The normalized spacial score (nSPS) is 27.6. The first-order valence-corrected chi connectivity index (χ1v) is 6.83. The average molecular weight is 239 g/mol. The molecule has 2 rings (SSSR count). The maximum Gasteiger partial charge on any atom is 0.237 e. The molecule has 4 heteroatoms. The Morgan fingerprint density at radius 3 is 2.59 bits per heavy atom. The Morgan fingerprint density at radius 1 is 1.35 bits per heavy atom. The summed E-state index contributed by atoms with van der Waals surface area (Å²) >= 11 is 0. The van der Waals surface area contributed by atoms with Crippen molar-refractivity contribution in [1.82, 2.24) is 15.5 Å². The van der Waals surface area contributed by atoms with Crippen LogP contribution in [0.5, 0.6) is 0 Å². The van der Waals surface area contributed by atoms with Crippen LogP contribution in [0.1, 0.15) is 38.5 Å². The van der Waals surface area contributed by atoms with Crippen LogP contribution in [0.2, 0.25) is 0 Å². The summed E-state index contributed by atoms with van der Waals surface area (Å²) in [5, 5.41) is 6.43. The molecule has 2 fully saturated rings. The number of amides is 1. The summed E-state index contributed by atoms with van der Waals surface area (Å²) < 4.78 is 0. The molecule has 1 amide bonds. The number of carbonyl (C=O) groups is 1. The van der Waals surface area contributed by atoms with E-state index in [0.717, 1.165) is 19.5 Å². The first kappa shape index (κ1) is 12.8. The molecule has 0 radical (unpaired) electrons. The highest BCUT2D eigenvalue weighted by atomic mass is 16.2. The van der Waals surface area contributed by atoms with Crippen LogP contribution in [-0.2, 0) is 4.79 Å². The van der Waals surface area contributed by atoms with Crippen molar-refractivity contribution in [3.63, 3.8) is 0 Å². The fraction of sp³-hybridized carbons (Fsp3) is 0.923. The van der Waals surface area contributed by atoms with Gasteiger partial charge in [-0.25, -0.2) is 0 Å². The van der Waals surface area contributed by atoms with Crippen molar-refractivity contribution in [3.05, 3.63) is 0 Å². The molecular weight excluding hydrogens is 214 g/mol. The van der Waals surface area contributed by atoms with Crippen LogP contribution in [0, 0.1) is 0 Å². The quantitative estimate of drug-likeness (QED) is 0.760. The molecule has 0 aromatic carbocycles. The minimum atomic E-state index is 0.0445. The van der Waals surface area contributed by atoms with E-state index >= 15 is 0 Å². The lowest BCUT2D eigenvalue weighted by molar-refractivity contribution is -0.124. The zero-order chi connectivity index (χ0) is 12.3. The van der Waals surface area contributed by atoms with Gasteiger partial charge in [0.05, 0.1) is 6.04 Å². The molecular formula is C13H25N3O. The van der Waals surface area contributed by atoms with Gasteiger partial charge in [0.15, 0.2) is 0 Å². The monoisotopic (exact) mass is 239 g/mol. The third-order valence-electron chi connectivity index (χ3n) is 4.45. The van der Waals surface area contributed by atoms with E-state index in [4.69, 9.17) is 0 Å². The van der Waals surface area contributed by atoms with E-state index < -0.39 is 0 Å². The summed E-state index contributed by atoms with van der Waals surface area (Å²) in [6, 6.07) is 0.0445. The van der Waals surface area contributed by atoms with Gasteiger partial charge in [0, 0.05) is 12.1 Å². The van der Waals surface area contributed by atoms with Gasteiger partial charge in [0.25, 0.3) is 0 Å². The Bertz CT molecular complexity index is 268. The predicted octanol–water partition coefficient (Wildman–Crippen LogP) is 0.729. The molecule has 0 unspecified atom stereocenters. The lowest BCUT2D eigenvalue weighted by Gasteiger charge is -2.47. The van der Waals surface area contributed by atoms with E-state index in [-0.39, 0.29) is 17.5 Å². The summed E-state index contributed by atoms with van der Waals surface area (Å²) in [5.74, 6) is 0.192. The number of nitrogens with one attached hydrogen (secondary N) is 2. The molecule has 1 aliphatic heterocycles. The molecule has 0 bridgehead atoms. The van der Waals surface area contributed by atoms with Gasteiger partial charge in [0.2, 0.25) is 5.91 Å². The van der Waals surface area contributed by atoms with Gasteiger partial charge in [-0.1, -0.05) is 6.42 Å². The molecule has 2 aliphatic rings. The van der Waals surface area contributed by atoms with E-state index in [1.54, 1.807) is 0 Å². The number of likely N-dealkylation sites (N-methyl/N-ethyl adjacent to an activating group) is 1. The Morgan fingerprint density at radius 2 is 2.12 bits per heavy atom. The molecule has 1 aliphatic carbocycles. The largest absolute Gasteiger partial charge is 0.353 e. The summed E-state index contributed by atoms with van der Waals surface area (Å²) in [4.78, 5) is 14.3. The second kappa shape index (κ2) is 5.36. The third-order valence-corrected chi connectivity index (χ3v) is 4.45. The van der Waals surface area contributed by atoms with Gasteiger partial charge in [-0.05, 0) is 52.7 Å². The van der Waals surface area contributed by atoms with Gasteiger partial charge in [-0.15, -0.1) is 0 Å². The topological polar surface area (TPSA) is 44.4 Å². The van der Waals surface area contributed by atoms with E-state index in [2.05, 4.69) is 29.6 Å². The van der Waals surface area contributed by atoms with Crippen molar-refractivity contribution in [2.45, 2.75) is 50.1 Å². The van der Waals surface area contributed by atoms with Crippen LogP contribution in [0.25, 0.3) is 0 Å². The molecule has 4 nitrogen and oxygen atoms in total. The summed E-state index contributed by atoms with van der Waals surface area (Å²) in [6.07, 6.45) is 7.06. The number of piperidine rings is 1. The van der Waals surface area contributed by atoms with Crippen LogP contribution >= 0.6 is 0 Å². The lowest BCUT2D eigenvalue weighted by atomic mass is 9.75. The number of hydrogen-bond acceptors (Lipinski definition) is 3. The lowest BCUT2D eigenvalue weighted by Crippen LogP contribution is -2.59. The van der Waals surface area contributed by atoms with Crippen molar-refractivity contribution in [3.8, 4) is 0 Å². The zero-order valence-corrected chi connectivity index (χ0v) is 11.1. The van der Waals surface area contributed by atoms with Gasteiger partial charge in [-0.2, -0.15) is 0 Å². The van der Waals surface area contributed by atoms with Crippen LogP contribution in [0.15, 0.2) is 0 Å². The number of nitrogens with zero attached hydrogens (tertiary/aromatic N) is 1. The molecule has 1 atom stereocenters. The van der Waals surface area contributed by atoms with Gasteiger partial charge < -0.3 is 15.5 Å². The fourth-order valence-corrected chi connectivity index (χ4v) is 2.82. The highest BCUT2D eigenvalue weighted by molar-refractivity contribution is 5.81. The third kappa shape index (κ3) is 2.80. The molecule has 1 saturated carbocycles. The van der Waals surface area contributed by atoms with Crippen molar-refractivity contribution in [1.29, 1.82) is 0 Å². The van der Waals surface area contributed by atoms with Crippen LogP contribution in [0.4, 0.5) is 0 Å². The average Bonchev–Trinajstić information content (AvgIpc) is 2.28. The molecule has 1 saturated heterocycles. The first-order chi connectivity index (χ1) is 8.14. The van der Waals surface area contributed by atoms with E-state index in [9.17, 15) is 4.79 Å². The molecule has 98 valence electrons. The molecule has 0 aromatic rings. The molecule has 0 aromatic heterocycles. The van der Waals surface area contributed by atoms with Crippen molar-refractivity contribution >= 4 is 5.91 Å². The minimum Gasteiger partial charge on any atom is -0.353 e. The second-order valence-electron chi connectivity index (χ2n) is 5.69. The van der Waals surface area contributed by atoms with E-state index in [1.165, 1.54) is 32.1 Å². The highest BCUT2D eigenvalue weighted by Crippen LogP contribution is 2.35. The number of carbonyl (C=O) groups excluding carboxylic acids is 1. The second-order valence-corrected chi connectivity index (χ2v) is 5.69. The number of rotatable bonds is 4. The summed E-state index contributed by atoms with van der Waals surface area (Å²) in [7, 11) is 4.23. The SMILES string of the molecule is CN(C)C1(CNC(=O)[C@@H]2CCCCN2)CCC1. The van der Waals surface area contributed by atoms with Crippen molar-refractivity contribution < 1.29 is 4.79 Å². The van der Waals surface area contributed by atoms with Crippen LogP contribution in [0.3, 0.4) is 0 Å². The fourth-order valence-electron chi connectivity index (χ4n) is 2.82. The Hall–Kier alpha value is -0.610. The van der Waals surface area contributed by atoms with Gasteiger partial charge in [0.1, 0.15) is 0 Å². The molecule has 2 N–H and O–H groups in total. The minimum absolute atomic E-state index is 0.0445.